The molecular weight excluding hydrogens is 576 g/mol. The Bertz CT molecular complexity index is 631. The lowest BCUT2D eigenvalue weighted by Crippen LogP contribution is -2.56. The summed E-state index contributed by atoms with van der Waals surface area (Å²) in [7, 11) is 4.14. The molecule has 280 valence electrons. The molecule has 0 atom stereocenters. The first-order chi connectivity index (χ1) is 22.9. The summed E-state index contributed by atoms with van der Waals surface area (Å²) in [5.41, 5.74) is -1.02. The summed E-state index contributed by atoms with van der Waals surface area (Å²) in [5.74, 6) is 0.228. The summed E-state index contributed by atoms with van der Waals surface area (Å²) in [4.78, 5) is 29.0. The minimum absolute atomic E-state index is 0.114. The van der Waals surface area contributed by atoms with E-state index in [0.717, 1.165) is 38.6 Å². The van der Waals surface area contributed by atoms with Gasteiger partial charge in [0.25, 0.3) is 0 Å². The van der Waals surface area contributed by atoms with Crippen molar-refractivity contribution in [1.29, 1.82) is 0 Å². The molecule has 1 N–H and O–H groups in total. The van der Waals surface area contributed by atoms with Crippen molar-refractivity contribution in [2.75, 3.05) is 27.2 Å². The van der Waals surface area contributed by atoms with Crippen molar-refractivity contribution in [3.05, 3.63) is 0 Å². The van der Waals surface area contributed by atoms with Crippen LogP contribution in [0.25, 0.3) is 0 Å². The van der Waals surface area contributed by atoms with Crippen molar-refractivity contribution in [1.82, 2.24) is 10.2 Å². The molecule has 4 heteroatoms. The fourth-order valence-corrected chi connectivity index (χ4v) is 6.90. The Labute approximate surface area is 296 Å². The van der Waals surface area contributed by atoms with Gasteiger partial charge >= 0.3 is 0 Å². The van der Waals surface area contributed by atoms with E-state index in [2.05, 4.69) is 38.2 Å². The molecule has 0 unspecified atom stereocenters. The lowest BCUT2D eigenvalue weighted by Gasteiger charge is -2.29. The number of rotatable bonds is 39. The summed E-state index contributed by atoms with van der Waals surface area (Å²) < 4.78 is 0. The minimum Gasteiger partial charge on any atom is -0.309 e. The quantitative estimate of drug-likeness (QED) is 0.0525. The summed E-state index contributed by atoms with van der Waals surface area (Å²) in [6.45, 7) is 8.12. The van der Waals surface area contributed by atoms with Crippen LogP contribution in [0.2, 0.25) is 0 Å². The van der Waals surface area contributed by atoms with Gasteiger partial charge in [-0.05, 0) is 53.4 Å². The molecule has 0 aliphatic heterocycles. The highest BCUT2D eigenvalue weighted by Gasteiger charge is 2.38. The van der Waals surface area contributed by atoms with Crippen LogP contribution >= 0.6 is 0 Å². The molecule has 0 aliphatic rings. The highest BCUT2D eigenvalue weighted by atomic mass is 16.2. The Kier molecular flexibility index (Phi) is 34.5. The Morgan fingerprint density at radius 2 is 0.681 bits per heavy atom. The second-order valence-electron chi connectivity index (χ2n) is 15.5. The molecule has 0 saturated carbocycles. The van der Waals surface area contributed by atoms with Gasteiger partial charge in [-0.1, -0.05) is 194 Å². The normalized spacial score (nSPS) is 12.0. The molecule has 0 fully saturated rings. The van der Waals surface area contributed by atoms with Crippen LogP contribution in [0.3, 0.4) is 0 Å². The van der Waals surface area contributed by atoms with Crippen LogP contribution in [0.1, 0.15) is 233 Å². The molecule has 0 aromatic carbocycles. The summed E-state index contributed by atoms with van der Waals surface area (Å²) in [6, 6.07) is 0. The molecule has 0 bridgehead atoms. The summed E-state index contributed by atoms with van der Waals surface area (Å²) in [6.07, 6.45) is 41.6. The van der Waals surface area contributed by atoms with Crippen molar-refractivity contribution in [2.24, 2.45) is 0 Å². The predicted molar refractivity (Wildman–Crippen MR) is 209 cm³/mol. The Morgan fingerprint density at radius 1 is 0.426 bits per heavy atom. The van der Waals surface area contributed by atoms with Gasteiger partial charge in [0.2, 0.25) is 0 Å². The van der Waals surface area contributed by atoms with Crippen LogP contribution in [-0.4, -0.2) is 49.2 Å². The monoisotopic (exact) mass is 663 g/mol. The first-order valence-electron chi connectivity index (χ1n) is 21.3. The fourth-order valence-electron chi connectivity index (χ4n) is 6.90. The number of hydrogen-bond donors (Lipinski definition) is 1. The van der Waals surface area contributed by atoms with E-state index < -0.39 is 5.54 Å². The average molecular weight is 663 g/mol. The fraction of sp³-hybridized carbons (Fsp3) is 0.953. The summed E-state index contributed by atoms with van der Waals surface area (Å²) >= 11 is 0. The van der Waals surface area contributed by atoms with Gasteiger partial charge in [0.05, 0.1) is 0 Å². The minimum atomic E-state index is -1.02. The summed E-state index contributed by atoms with van der Waals surface area (Å²) in [5, 5.41) is 3.43. The predicted octanol–water partition coefficient (Wildman–Crippen LogP) is 12.9. The van der Waals surface area contributed by atoms with Gasteiger partial charge < -0.3 is 4.90 Å². The topological polar surface area (TPSA) is 49.4 Å². The van der Waals surface area contributed by atoms with Crippen molar-refractivity contribution < 1.29 is 9.59 Å². The lowest BCUT2D eigenvalue weighted by atomic mass is 9.85. The number of Topliss-reactive ketones (excluding diaryl/α,β-unsaturated/α-hetero) is 2. The van der Waals surface area contributed by atoms with E-state index in [0.29, 0.717) is 19.4 Å². The van der Waals surface area contributed by atoms with E-state index in [1.807, 2.05) is 6.92 Å². The molecule has 4 nitrogen and oxygen atoms in total. The highest BCUT2D eigenvalue weighted by Crippen LogP contribution is 2.20. The zero-order valence-corrected chi connectivity index (χ0v) is 33.0. The third-order valence-corrected chi connectivity index (χ3v) is 10.4. The highest BCUT2D eigenvalue weighted by molar-refractivity contribution is 6.11. The van der Waals surface area contributed by atoms with Gasteiger partial charge in [-0.2, -0.15) is 0 Å². The molecular formula is C43H86N2O2. The van der Waals surface area contributed by atoms with E-state index >= 15 is 0 Å². The number of hydrogen-bond acceptors (Lipinski definition) is 4. The largest absolute Gasteiger partial charge is 0.309 e. The van der Waals surface area contributed by atoms with Crippen LogP contribution in [0.15, 0.2) is 0 Å². The van der Waals surface area contributed by atoms with Gasteiger partial charge in [0.1, 0.15) is 5.54 Å². The average Bonchev–Trinajstić information content (AvgIpc) is 3.06. The number of nitrogens with one attached hydrogen (secondary N) is 1. The van der Waals surface area contributed by atoms with E-state index in [9.17, 15) is 9.59 Å². The number of ketones is 2. The van der Waals surface area contributed by atoms with Crippen molar-refractivity contribution in [3.8, 4) is 0 Å². The van der Waals surface area contributed by atoms with E-state index in [1.165, 1.54) is 167 Å². The molecule has 0 aliphatic carbocycles. The van der Waals surface area contributed by atoms with Crippen LogP contribution in [0, 0.1) is 0 Å². The lowest BCUT2D eigenvalue weighted by molar-refractivity contribution is -0.135. The Morgan fingerprint density at radius 3 is 0.936 bits per heavy atom. The van der Waals surface area contributed by atoms with Gasteiger partial charge in [0.15, 0.2) is 11.6 Å². The molecule has 0 aromatic rings. The van der Waals surface area contributed by atoms with Crippen LogP contribution in [0.4, 0.5) is 0 Å². The molecule has 0 rings (SSSR count). The van der Waals surface area contributed by atoms with Gasteiger partial charge in [-0.25, -0.2) is 0 Å². The molecule has 0 radical (unpaired) electrons. The standard InChI is InChI=1S/C43H86N2O2/c1-6-8-10-12-14-16-18-20-22-24-26-28-30-32-34-37-41(46)43(3,44-39-36-40-45(4)5)42(47)38-35-33-31-29-27-25-23-21-19-17-15-13-11-9-7-2/h44H,6-40H2,1-5H3. The molecule has 0 aromatic heterocycles. The van der Waals surface area contributed by atoms with Crippen molar-refractivity contribution in [2.45, 2.75) is 238 Å². The first kappa shape index (κ1) is 46.3. The van der Waals surface area contributed by atoms with Gasteiger partial charge in [0, 0.05) is 12.8 Å². The van der Waals surface area contributed by atoms with Crippen LogP contribution in [-0.2, 0) is 9.59 Å². The molecule has 0 saturated heterocycles. The van der Waals surface area contributed by atoms with E-state index in [4.69, 9.17) is 0 Å². The zero-order chi connectivity index (χ0) is 34.7. The van der Waals surface area contributed by atoms with Gasteiger partial charge in [-0.3, -0.25) is 14.9 Å². The third kappa shape index (κ3) is 29.9. The number of unbranched alkanes of at least 4 members (excludes halogenated alkanes) is 28. The molecule has 0 heterocycles. The maximum atomic E-state index is 13.4. The van der Waals surface area contributed by atoms with Crippen molar-refractivity contribution in [3.63, 3.8) is 0 Å². The first-order valence-corrected chi connectivity index (χ1v) is 21.3. The van der Waals surface area contributed by atoms with Gasteiger partial charge in [-0.15, -0.1) is 0 Å². The SMILES string of the molecule is CCCCCCCCCCCCCCCCCC(=O)C(C)(NCCCN(C)C)C(=O)CCCCCCCCCCCCCCCCC. The van der Waals surface area contributed by atoms with E-state index in [1.54, 1.807) is 0 Å². The third-order valence-electron chi connectivity index (χ3n) is 10.4. The second-order valence-corrected chi connectivity index (χ2v) is 15.5. The van der Waals surface area contributed by atoms with E-state index in [-0.39, 0.29) is 11.6 Å². The second kappa shape index (κ2) is 35.1. The Hall–Kier alpha value is -0.740. The smallest absolute Gasteiger partial charge is 0.160 e. The number of nitrogens with zero attached hydrogens (tertiary/aromatic N) is 1. The molecule has 47 heavy (non-hydrogen) atoms. The van der Waals surface area contributed by atoms with Crippen LogP contribution in [0.5, 0.6) is 0 Å². The number of carbonyl (C=O) groups is 2. The Balaban J connectivity index is 4.12. The number of carbonyl (C=O) groups excluding carboxylic acids is 2. The van der Waals surface area contributed by atoms with Crippen LogP contribution < -0.4 is 5.32 Å². The van der Waals surface area contributed by atoms with Crippen molar-refractivity contribution >= 4 is 11.6 Å². The maximum absolute atomic E-state index is 13.4. The zero-order valence-electron chi connectivity index (χ0n) is 33.0. The molecule has 0 amide bonds. The molecule has 0 spiro atoms. The maximum Gasteiger partial charge on any atom is 0.160 e.